The highest BCUT2D eigenvalue weighted by Crippen LogP contribution is 2.29. The molecule has 0 aliphatic rings. The standard InChI is InChI=1S/C21H28N2O3/c1-16(19(25-5)18-12-9-11-17(14-18)15-22)10-7-6-8-13-23-20(24)26-21(2,3)4/h9,11-12,14,16,19H,6-7,10H2,1-5H3,(H,23,24). The highest BCUT2D eigenvalue weighted by Gasteiger charge is 2.19. The van der Waals surface area contributed by atoms with Gasteiger partial charge >= 0.3 is 6.09 Å². The molecule has 0 aromatic heterocycles. The molecule has 0 bridgehead atoms. The van der Waals surface area contributed by atoms with Crippen molar-refractivity contribution in [2.24, 2.45) is 5.92 Å². The van der Waals surface area contributed by atoms with Crippen molar-refractivity contribution in [2.45, 2.75) is 58.7 Å². The maximum Gasteiger partial charge on any atom is 0.419 e. The van der Waals surface area contributed by atoms with Gasteiger partial charge in [-0.2, -0.15) is 5.26 Å². The van der Waals surface area contributed by atoms with Gasteiger partial charge in [0.05, 0.1) is 17.7 Å². The Bertz CT molecular complexity index is 690. The van der Waals surface area contributed by atoms with Crippen LogP contribution in [0.4, 0.5) is 4.79 Å². The number of benzene rings is 1. The minimum absolute atomic E-state index is 0.0591. The third-order valence-corrected chi connectivity index (χ3v) is 3.73. The number of ether oxygens (including phenoxy) is 2. The molecule has 0 heterocycles. The number of nitrogens with one attached hydrogen (secondary N) is 1. The lowest BCUT2D eigenvalue weighted by atomic mass is 9.92. The molecule has 5 nitrogen and oxygen atoms in total. The normalized spacial score (nSPS) is 12.9. The third-order valence-electron chi connectivity index (χ3n) is 3.73. The molecule has 1 aromatic rings. The van der Waals surface area contributed by atoms with Gasteiger partial charge in [0.15, 0.2) is 0 Å². The second kappa shape index (κ2) is 10.5. The molecule has 0 aliphatic carbocycles. The predicted octanol–water partition coefficient (Wildman–Crippen LogP) is 4.54. The van der Waals surface area contributed by atoms with E-state index < -0.39 is 11.7 Å². The summed E-state index contributed by atoms with van der Waals surface area (Å²) in [5.41, 5.74) is 1.12. The van der Waals surface area contributed by atoms with Crippen molar-refractivity contribution in [1.29, 1.82) is 5.26 Å². The average Bonchev–Trinajstić information content (AvgIpc) is 2.57. The zero-order valence-corrected chi connectivity index (χ0v) is 16.3. The van der Waals surface area contributed by atoms with E-state index in [0.717, 1.165) is 18.4 Å². The van der Waals surface area contributed by atoms with Crippen molar-refractivity contribution in [1.82, 2.24) is 5.32 Å². The summed E-state index contributed by atoms with van der Waals surface area (Å²) in [6.45, 7) is 7.54. The first-order valence-electron chi connectivity index (χ1n) is 8.76. The second-order valence-corrected chi connectivity index (χ2v) is 7.19. The summed E-state index contributed by atoms with van der Waals surface area (Å²) in [5, 5.41) is 11.5. The van der Waals surface area contributed by atoms with Gasteiger partial charge in [0, 0.05) is 19.6 Å². The third kappa shape index (κ3) is 8.05. The highest BCUT2D eigenvalue weighted by atomic mass is 16.6. The van der Waals surface area contributed by atoms with Crippen molar-refractivity contribution in [3.05, 3.63) is 35.4 Å². The summed E-state index contributed by atoms with van der Waals surface area (Å²) in [4.78, 5) is 11.5. The van der Waals surface area contributed by atoms with Gasteiger partial charge in [-0.25, -0.2) is 10.1 Å². The van der Waals surface area contributed by atoms with E-state index in [-0.39, 0.29) is 12.0 Å². The van der Waals surface area contributed by atoms with E-state index in [1.807, 2.05) is 18.2 Å². The molecule has 0 spiro atoms. The predicted molar refractivity (Wildman–Crippen MR) is 101 cm³/mol. The largest absolute Gasteiger partial charge is 0.443 e. The number of alkyl carbamates (subject to hydrolysis) is 1. The lowest BCUT2D eigenvalue weighted by Crippen LogP contribution is -2.29. The first-order valence-corrected chi connectivity index (χ1v) is 8.76. The Balaban J connectivity index is 2.43. The number of nitrogens with zero attached hydrogens (tertiary/aromatic N) is 1. The summed E-state index contributed by atoms with van der Waals surface area (Å²) >= 11 is 0. The number of hydrogen-bond acceptors (Lipinski definition) is 4. The van der Waals surface area contributed by atoms with Crippen LogP contribution in [0.3, 0.4) is 0 Å². The molecule has 0 radical (unpaired) electrons. The van der Waals surface area contributed by atoms with Gasteiger partial charge < -0.3 is 9.47 Å². The molecule has 0 saturated carbocycles. The first kappa shape index (κ1) is 21.5. The Hall–Kier alpha value is -2.50. The van der Waals surface area contributed by atoms with Crippen molar-refractivity contribution >= 4 is 6.09 Å². The molecule has 1 N–H and O–H groups in total. The molecule has 0 saturated heterocycles. The molecule has 1 aromatic carbocycles. The van der Waals surface area contributed by atoms with Gasteiger partial charge in [-0.05, 0) is 57.2 Å². The average molecular weight is 356 g/mol. The van der Waals surface area contributed by atoms with E-state index in [0.29, 0.717) is 12.0 Å². The van der Waals surface area contributed by atoms with Crippen LogP contribution in [-0.2, 0) is 9.47 Å². The summed E-state index contributed by atoms with van der Waals surface area (Å²) in [7, 11) is 1.69. The maximum atomic E-state index is 11.5. The van der Waals surface area contributed by atoms with Crippen molar-refractivity contribution in [3.63, 3.8) is 0 Å². The molecule has 140 valence electrons. The molecule has 1 amide bonds. The smallest absolute Gasteiger partial charge is 0.419 e. The van der Waals surface area contributed by atoms with Crippen molar-refractivity contribution in [2.75, 3.05) is 7.11 Å². The summed E-state index contributed by atoms with van der Waals surface area (Å²) in [6, 6.07) is 12.3. The quantitative estimate of drug-likeness (QED) is 0.461. The lowest BCUT2D eigenvalue weighted by molar-refractivity contribution is 0.0540. The molecule has 0 fully saturated rings. The fourth-order valence-electron chi connectivity index (χ4n) is 2.61. The van der Waals surface area contributed by atoms with E-state index in [9.17, 15) is 4.79 Å². The number of rotatable bonds is 6. The van der Waals surface area contributed by atoms with Crippen LogP contribution in [0.5, 0.6) is 0 Å². The van der Waals surface area contributed by atoms with Gasteiger partial charge in [0.2, 0.25) is 0 Å². The van der Waals surface area contributed by atoms with Crippen LogP contribution < -0.4 is 5.32 Å². The van der Waals surface area contributed by atoms with Crippen LogP contribution >= 0.6 is 0 Å². The fraction of sp³-hybridized carbons (Fsp3) is 0.524. The Morgan fingerprint density at radius 3 is 2.69 bits per heavy atom. The second-order valence-electron chi connectivity index (χ2n) is 7.19. The number of carbonyl (C=O) groups excluding carboxylic acids is 1. The van der Waals surface area contributed by atoms with E-state index in [2.05, 4.69) is 30.3 Å². The van der Waals surface area contributed by atoms with E-state index >= 15 is 0 Å². The number of unbranched alkanes of at least 4 members (excludes halogenated alkanes) is 1. The first-order chi connectivity index (χ1) is 12.3. The molecule has 1 rings (SSSR count). The molecular formula is C21H28N2O3. The molecule has 2 unspecified atom stereocenters. The Morgan fingerprint density at radius 2 is 2.08 bits per heavy atom. The minimum Gasteiger partial charge on any atom is -0.443 e. The van der Waals surface area contributed by atoms with Crippen LogP contribution in [0, 0.1) is 29.2 Å². The highest BCUT2D eigenvalue weighted by molar-refractivity contribution is 5.69. The van der Waals surface area contributed by atoms with Gasteiger partial charge in [-0.15, -0.1) is 0 Å². The van der Waals surface area contributed by atoms with Crippen molar-refractivity contribution in [3.8, 4) is 18.0 Å². The molecule has 26 heavy (non-hydrogen) atoms. The summed E-state index contributed by atoms with van der Waals surface area (Å²) in [6.07, 6.45) is 1.90. The summed E-state index contributed by atoms with van der Waals surface area (Å²) in [5.74, 6) is 3.21. The summed E-state index contributed by atoms with van der Waals surface area (Å²) < 4.78 is 10.7. The van der Waals surface area contributed by atoms with E-state index in [1.165, 1.54) is 0 Å². The SMILES string of the molecule is COC(c1cccc(C#N)c1)C(C)CCCC#CNC(=O)OC(C)(C)C. The zero-order valence-electron chi connectivity index (χ0n) is 16.3. The Morgan fingerprint density at radius 1 is 1.35 bits per heavy atom. The van der Waals surface area contributed by atoms with Crippen LogP contribution in [0.15, 0.2) is 24.3 Å². The van der Waals surface area contributed by atoms with Crippen LogP contribution in [0.2, 0.25) is 0 Å². The van der Waals surface area contributed by atoms with Gasteiger partial charge in [-0.1, -0.05) is 25.0 Å². The monoisotopic (exact) mass is 356 g/mol. The van der Waals surface area contributed by atoms with Crippen LogP contribution in [0.1, 0.15) is 64.2 Å². The Labute approximate surface area is 156 Å². The van der Waals surface area contributed by atoms with Crippen LogP contribution in [-0.4, -0.2) is 18.8 Å². The number of carbonyl (C=O) groups is 1. The number of methoxy groups -OCH3 is 1. The number of hydrogen-bond donors (Lipinski definition) is 1. The molecular weight excluding hydrogens is 328 g/mol. The van der Waals surface area contributed by atoms with Crippen LogP contribution in [0.25, 0.3) is 0 Å². The van der Waals surface area contributed by atoms with Gasteiger partial charge in [-0.3, -0.25) is 0 Å². The molecule has 0 aliphatic heterocycles. The van der Waals surface area contributed by atoms with E-state index in [4.69, 9.17) is 14.7 Å². The number of amides is 1. The zero-order chi connectivity index (χ0) is 19.6. The molecule has 2 atom stereocenters. The fourth-order valence-corrected chi connectivity index (χ4v) is 2.61. The van der Waals surface area contributed by atoms with Gasteiger partial charge in [0.1, 0.15) is 5.60 Å². The number of nitriles is 1. The maximum absolute atomic E-state index is 11.5. The Kier molecular flexibility index (Phi) is 8.68. The van der Waals surface area contributed by atoms with Crippen molar-refractivity contribution < 1.29 is 14.3 Å². The minimum atomic E-state index is -0.532. The van der Waals surface area contributed by atoms with E-state index in [1.54, 1.807) is 33.9 Å². The lowest BCUT2D eigenvalue weighted by Gasteiger charge is -2.23. The van der Waals surface area contributed by atoms with Gasteiger partial charge in [0.25, 0.3) is 0 Å². The molecule has 5 heteroatoms. The topological polar surface area (TPSA) is 71.3 Å².